The Kier molecular flexibility index (Phi) is 6.80. The number of halogens is 3. The normalized spacial score (nSPS) is 15.7. The van der Waals surface area contributed by atoms with Crippen LogP contribution in [0.2, 0.25) is 0 Å². The summed E-state index contributed by atoms with van der Waals surface area (Å²) in [5, 5.41) is 11.3. The van der Waals surface area contributed by atoms with Crippen LogP contribution in [0.25, 0.3) is 0 Å². The summed E-state index contributed by atoms with van der Waals surface area (Å²) in [5.74, 6) is -0.0578. The quantitative estimate of drug-likeness (QED) is 0.470. The van der Waals surface area contributed by atoms with E-state index in [-0.39, 0.29) is 11.4 Å². The fourth-order valence-corrected chi connectivity index (χ4v) is 5.37. The third kappa shape index (κ3) is 5.39. The van der Waals surface area contributed by atoms with Crippen LogP contribution < -0.4 is 4.90 Å². The molecule has 1 aliphatic rings. The predicted octanol–water partition coefficient (Wildman–Crippen LogP) is 3.83. The number of hydrogen-bond donors (Lipinski definition) is 0. The van der Waals surface area contributed by atoms with Crippen molar-refractivity contribution in [3.8, 4) is 0 Å². The van der Waals surface area contributed by atoms with Gasteiger partial charge >= 0.3 is 6.18 Å². The molecule has 0 spiro atoms. The van der Waals surface area contributed by atoms with Gasteiger partial charge in [0.15, 0.2) is 9.84 Å². The van der Waals surface area contributed by atoms with Gasteiger partial charge in [0, 0.05) is 38.8 Å². The maximum atomic E-state index is 12.9. The van der Waals surface area contributed by atoms with Crippen LogP contribution in [0.4, 0.5) is 24.5 Å². The van der Waals surface area contributed by atoms with E-state index in [4.69, 9.17) is 0 Å². The number of nitro benzene ring substituents is 1. The van der Waals surface area contributed by atoms with E-state index >= 15 is 0 Å². The van der Waals surface area contributed by atoms with Gasteiger partial charge in [-0.2, -0.15) is 13.2 Å². The van der Waals surface area contributed by atoms with Crippen molar-refractivity contribution < 1.29 is 26.5 Å². The van der Waals surface area contributed by atoms with Crippen LogP contribution in [0.15, 0.2) is 41.3 Å². The van der Waals surface area contributed by atoms with Crippen LogP contribution >= 0.6 is 0 Å². The maximum absolute atomic E-state index is 12.9. The van der Waals surface area contributed by atoms with E-state index in [1.165, 1.54) is 0 Å². The van der Waals surface area contributed by atoms with Crippen LogP contribution in [-0.4, -0.2) is 56.7 Å². The number of piperazine rings is 1. The molecule has 0 radical (unpaired) electrons. The Morgan fingerprint density at radius 2 is 1.69 bits per heavy atom. The van der Waals surface area contributed by atoms with Gasteiger partial charge in [-0.1, -0.05) is 12.1 Å². The van der Waals surface area contributed by atoms with E-state index in [1.54, 1.807) is 24.0 Å². The van der Waals surface area contributed by atoms with Crippen molar-refractivity contribution in [2.75, 3.05) is 43.4 Å². The van der Waals surface area contributed by atoms with Crippen LogP contribution in [0.5, 0.6) is 0 Å². The zero-order chi connectivity index (χ0) is 23.7. The SMILES string of the molecule is Cc1ccc(C)c(S(=O)(=O)CCN2CCN(c3ccc(C(F)(F)F)cc3[N+](=O)[O-])CC2)c1. The molecule has 1 fully saturated rings. The summed E-state index contributed by atoms with van der Waals surface area (Å²) in [5.41, 5.74) is 0.0237. The number of sulfone groups is 1. The average molecular weight is 472 g/mol. The van der Waals surface area contributed by atoms with Crippen LogP contribution in [0, 0.1) is 24.0 Å². The fourth-order valence-electron chi connectivity index (χ4n) is 3.73. The second-order valence-corrected chi connectivity index (χ2v) is 9.95. The highest BCUT2D eigenvalue weighted by atomic mass is 32.2. The third-order valence-corrected chi connectivity index (χ3v) is 7.40. The summed E-state index contributed by atoms with van der Waals surface area (Å²) >= 11 is 0. The van der Waals surface area contributed by atoms with E-state index in [9.17, 15) is 31.7 Å². The van der Waals surface area contributed by atoms with E-state index in [0.29, 0.717) is 49.2 Å². The molecule has 0 saturated carbocycles. The first-order valence-electron chi connectivity index (χ1n) is 10.0. The van der Waals surface area contributed by atoms with Gasteiger partial charge in [0.2, 0.25) is 0 Å². The molecule has 1 aliphatic heterocycles. The molecule has 0 aromatic heterocycles. The lowest BCUT2D eigenvalue weighted by atomic mass is 10.1. The second kappa shape index (κ2) is 9.07. The van der Waals surface area contributed by atoms with E-state index in [1.807, 2.05) is 17.9 Å². The van der Waals surface area contributed by atoms with E-state index in [0.717, 1.165) is 17.7 Å². The summed E-state index contributed by atoms with van der Waals surface area (Å²) < 4.78 is 64.3. The number of benzene rings is 2. The van der Waals surface area contributed by atoms with Gasteiger partial charge in [-0.15, -0.1) is 0 Å². The molecule has 11 heteroatoms. The van der Waals surface area contributed by atoms with Crippen LogP contribution in [0.3, 0.4) is 0 Å². The molecule has 0 unspecified atom stereocenters. The predicted molar refractivity (Wildman–Crippen MR) is 115 cm³/mol. The molecule has 1 saturated heterocycles. The van der Waals surface area contributed by atoms with Crippen molar-refractivity contribution in [3.63, 3.8) is 0 Å². The van der Waals surface area contributed by atoms with E-state index in [2.05, 4.69) is 0 Å². The molecule has 174 valence electrons. The fraction of sp³-hybridized carbons (Fsp3) is 0.429. The smallest absolute Gasteiger partial charge is 0.363 e. The number of rotatable bonds is 6. The van der Waals surface area contributed by atoms with Gasteiger partial charge < -0.3 is 4.90 Å². The minimum absolute atomic E-state index is 0.0578. The van der Waals surface area contributed by atoms with Gasteiger partial charge in [0.1, 0.15) is 5.69 Å². The van der Waals surface area contributed by atoms with Crippen molar-refractivity contribution in [2.24, 2.45) is 0 Å². The first-order valence-corrected chi connectivity index (χ1v) is 11.7. The van der Waals surface area contributed by atoms with Crippen molar-refractivity contribution in [1.82, 2.24) is 4.90 Å². The zero-order valence-electron chi connectivity index (χ0n) is 17.7. The molecule has 2 aromatic rings. The van der Waals surface area contributed by atoms with Crippen molar-refractivity contribution in [1.29, 1.82) is 0 Å². The Morgan fingerprint density at radius 1 is 1.03 bits per heavy atom. The third-order valence-electron chi connectivity index (χ3n) is 5.57. The molecule has 0 aliphatic carbocycles. The molecule has 0 amide bonds. The molecule has 3 rings (SSSR count). The first kappa shape index (κ1) is 24.0. The van der Waals surface area contributed by atoms with Gasteiger partial charge in [-0.3, -0.25) is 15.0 Å². The molecular weight excluding hydrogens is 447 g/mol. The summed E-state index contributed by atoms with van der Waals surface area (Å²) in [4.78, 5) is 14.4. The highest BCUT2D eigenvalue weighted by molar-refractivity contribution is 7.91. The van der Waals surface area contributed by atoms with Crippen LogP contribution in [-0.2, 0) is 16.0 Å². The highest BCUT2D eigenvalue weighted by Gasteiger charge is 2.34. The first-order chi connectivity index (χ1) is 14.9. The van der Waals surface area contributed by atoms with Gasteiger partial charge in [-0.25, -0.2) is 8.42 Å². The van der Waals surface area contributed by atoms with Gasteiger partial charge in [0.25, 0.3) is 5.69 Å². The molecule has 7 nitrogen and oxygen atoms in total. The number of nitro groups is 1. The Labute approximate surface area is 184 Å². The Bertz CT molecular complexity index is 1110. The largest absolute Gasteiger partial charge is 0.416 e. The Hall–Kier alpha value is -2.66. The standard InChI is InChI=1S/C21H24F3N3O4S/c1-15-3-4-16(2)20(13-15)32(30,31)12-11-25-7-9-26(10-8-25)18-6-5-17(21(22,23)24)14-19(18)27(28)29/h3-6,13-14H,7-12H2,1-2H3. The lowest BCUT2D eigenvalue weighted by Crippen LogP contribution is -2.47. The lowest BCUT2D eigenvalue weighted by molar-refractivity contribution is -0.384. The Balaban J connectivity index is 1.66. The monoisotopic (exact) mass is 471 g/mol. The summed E-state index contributed by atoms with van der Waals surface area (Å²) in [6, 6.07) is 7.81. The molecule has 32 heavy (non-hydrogen) atoms. The average Bonchev–Trinajstić information content (AvgIpc) is 2.73. The molecule has 0 bridgehead atoms. The minimum atomic E-state index is -4.66. The van der Waals surface area contributed by atoms with Crippen molar-refractivity contribution in [2.45, 2.75) is 24.9 Å². The maximum Gasteiger partial charge on any atom is 0.416 e. The topological polar surface area (TPSA) is 83.8 Å². The van der Waals surface area contributed by atoms with Crippen molar-refractivity contribution in [3.05, 3.63) is 63.2 Å². The van der Waals surface area contributed by atoms with Gasteiger partial charge in [-0.05, 0) is 43.2 Å². The Morgan fingerprint density at radius 3 is 2.28 bits per heavy atom. The molecule has 2 aromatic carbocycles. The highest BCUT2D eigenvalue weighted by Crippen LogP contribution is 2.36. The van der Waals surface area contributed by atoms with E-state index < -0.39 is 32.2 Å². The second-order valence-electron chi connectivity index (χ2n) is 7.87. The molecule has 0 atom stereocenters. The number of nitrogens with zero attached hydrogens (tertiary/aromatic N) is 3. The summed E-state index contributed by atoms with van der Waals surface area (Å²) in [6.07, 6.45) is -4.66. The molecule has 1 heterocycles. The number of anilines is 1. The minimum Gasteiger partial charge on any atom is -0.363 e. The molecule has 0 N–H and O–H groups in total. The van der Waals surface area contributed by atoms with Crippen LogP contribution in [0.1, 0.15) is 16.7 Å². The number of hydrogen-bond acceptors (Lipinski definition) is 6. The molecular formula is C21H24F3N3O4S. The van der Waals surface area contributed by atoms with Crippen molar-refractivity contribution >= 4 is 21.2 Å². The lowest BCUT2D eigenvalue weighted by Gasteiger charge is -2.35. The number of alkyl halides is 3. The summed E-state index contributed by atoms with van der Waals surface area (Å²) in [7, 11) is -3.47. The number of aryl methyl sites for hydroxylation is 2. The van der Waals surface area contributed by atoms with Gasteiger partial charge in [0.05, 0.1) is 21.1 Å². The zero-order valence-corrected chi connectivity index (χ0v) is 18.5. The summed E-state index contributed by atoms with van der Waals surface area (Å²) in [6.45, 7) is 5.46.